The third-order valence-electron chi connectivity index (χ3n) is 3.27. The van der Waals surface area contributed by atoms with Crippen LogP contribution in [0.2, 0.25) is 0 Å². The average Bonchev–Trinajstić information content (AvgIpc) is 2.35. The lowest BCUT2D eigenvalue weighted by molar-refractivity contribution is -0.145. The van der Waals surface area contributed by atoms with E-state index in [0.717, 1.165) is 11.1 Å². The Morgan fingerprint density at radius 1 is 1.24 bits per heavy atom. The van der Waals surface area contributed by atoms with Crippen LogP contribution in [-0.4, -0.2) is 29.6 Å². The average molecular weight is 293 g/mol. The van der Waals surface area contributed by atoms with Gasteiger partial charge in [0.15, 0.2) is 6.61 Å². The van der Waals surface area contributed by atoms with Gasteiger partial charge in [-0.2, -0.15) is 0 Å². The van der Waals surface area contributed by atoms with Crippen LogP contribution < -0.4 is 10.1 Å². The molecule has 0 spiro atoms. The highest BCUT2D eigenvalue weighted by Gasteiger charge is 2.32. The standard InChI is InChI=1S/C16H23NO4/c1-10-6-7-12(8-11(10)2)21-9-13(18)17-14(15(19)20)16(3,4)5/h6-8,14H,9H2,1-5H3,(H,17,18)(H,19,20)/t14-/m1/s1. The molecule has 1 rings (SSSR count). The largest absolute Gasteiger partial charge is 0.484 e. The molecule has 0 aliphatic rings. The lowest BCUT2D eigenvalue weighted by Gasteiger charge is -2.27. The summed E-state index contributed by atoms with van der Waals surface area (Å²) in [7, 11) is 0. The van der Waals surface area contributed by atoms with Crippen molar-refractivity contribution in [3.8, 4) is 5.75 Å². The molecule has 2 N–H and O–H groups in total. The minimum absolute atomic E-state index is 0.206. The summed E-state index contributed by atoms with van der Waals surface area (Å²) in [5.74, 6) is -0.909. The van der Waals surface area contributed by atoms with E-state index in [1.165, 1.54) is 0 Å². The van der Waals surface area contributed by atoms with Gasteiger partial charge in [-0.25, -0.2) is 4.79 Å². The number of carboxylic acids is 1. The molecule has 0 aromatic heterocycles. The van der Waals surface area contributed by atoms with Crippen LogP contribution in [0.25, 0.3) is 0 Å². The molecule has 1 aromatic carbocycles. The molecule has 0 radical (unpaired) electrons. The fourth-order valence-corrected chi connectivity index (χ4v) is 1.80. The Morgan fingerprint density at radius 3 is 2.33 bits per heavy atom. The van der Waals surface area contributed by atoms with Crippen LogP contribution in [0.15, 0.2) is 18.2 Å². The van der Waals surface area contributed by atoms with Gasteiger partial charge < -0.3 is 15.2 Å². The molecule has 116 valence electrons. The maximum Gasteiger partial charge on any atom is 0.326 e. The highest BCUT2D eigenvalue weighted by molar-refractivity contribution is 5.84. The number of ether oxygens (including phenoxy) is 1. The van der Waals surface area contributed by atoms with Crippen LogP contribution in [-0.2, 0) is 9.59 Å². The zero-order valence-corrected chi connectivity index (χ0v) is 13.2. The van der Waals surface area contributed by atoms with Crippen molar-refractivity contribution in [1.82, 2.24) is 5.32 Å². The molecule has 0 fully saturated rings. The van der Waals surface area contributed by atoms with E-state index in [0.29, 0.717) is 5.75 Å². The normalized spacial score (nSPS) is 12.6. The molecule has 0 saturated heterocycles. The number of carbonyl (C=O) groups excluding carboxylic acids is 1. The molecule has 1 amide bonds. The molecule has 0 aliphatic carbocycles. The van der Waals surface area contributed by atoms with Gasteiger partial charge in [0.1, 0.15) is 11.8 Å². The van der Waals surface area contributed by atoms with Gasteiger partial charge in [0.05, 0.1) is 0 Å². The van der Waals surface area contributed by atoms with Crippen molar-refractivity contribution in [3.63, 3.8) is 0 Å². The number of amides is 1. The van der Waals surface area contributed by atoms with Crippen LogP contribution >= 0.6 is 0 Å². The number of carbonyl (C=O) groups is 2. The quantitative estimate of drug-likeness (QED) is 0.873. The number of benzene rings is 1. The van der Waals surface area contributed by atoms with E-state index in [1.807, 2.05) is 26.0 Å². The van der Waals surface area contributed by atoms with Crippen LogP contribution in [0.3, 0.4) is 0 Å². The minimum atomic E-state index is -1.05. The predicted molar refractivity (Wildman–Crippen MR) is 80.4 cm³/mol. The first kappa shape index (κ1) is 17.0. The molecule has 0 aliphatic heterocycles. The summed E-state index contributed by atoms with van der Waals surface area (Å²) in [5.41, 5.74) is 1.65. The van der Waals surface area contributed by atoms with Crippen molar-refractivity contribution in [2.24, 2.45) is 5.41 Å². The number of hydrogen-bond donors (Lipinski definition) is 2. The van der Waals surface area contributed by atoms with Gasteiger partial charge in [-0.15, -0.1) is 0 Å². The van der Waals surface area contributed by atoms with Crippen LogP contribution in [0.5, 0.6) is 5.75 Å². The molecule has 1 aromatic rings. The third-order valence-corrected chi connectivity index (χ3v) is 3.27. The predicted octanol–water partition coefficient (Wildman–Crippen LogP) is 2.30. The van der Waals surface area contributed by atoms with Gasteiger partial charge in [-0.05, 0) is 42.5 Å². The highest BCUT2D eigenvalue weighted by Crippen LogP contribution is 2.19. The van der Waals surface area contributed by atoms with Crippen LogP contribution in [0, 0.1) is 19.3 Å². The SMILES string of the molecule is Cc1ccc(OCC(=O)N[C@H](C(=O)O)C(C)(C)C)cc1C. The van der Waals surface area contributed by atoms with E-state index < -0.39 is 23.3 Å². The lowest BCUT2D eigenvalue weighted by atomic mass is 9.87. The Morgan fingerprint density at radius 2 is 1.86 bits per heavy atom. The maximum atomic E-state index is 11.8. The molecule has 0 unspecified atom stereocenters. The summed E-state index contributed by atoms with van der Waals surface area (Å²) in [5, 5.41) is 11.6. The zero-order chi connectivity index (χ0) is 16.2. The van der Waals surface area contributed by atoms with Gasteiger partial charge in [0, 0.05) is 0 Å². The van der Waals surface area contributed by atoms with Gasteiger partial charge in [0.25, 0.3) is 5.91 Å². The summed E-state index contributed by atoms with van der Waals surface area (Å²) in [6.45, 7) is 9.03. The van der Waals surface area contributed by atoms with Crippen molar-refractivity contribution >= 4 is 11.9 Å². The van der Waals surface area contributed by atoms with Crippen molar-refractivity contribution in [2.45, 2.75) is 40.7 Å². The van der Waals surface area contributed by atoms with Crippen molar-refractivity contribution < 1.29 is 19.4 Å². The molecule has 0 saturated carbocycles. The van der Waals surface area contributed by atoms with Crippen molar-refractivity contribution in [3.05, 3.63) is 29.3 Å². The summed E-state index contributed by atoms with van der Waals surface area (Å²) in [4.78, 5) is 23.0. The second-order valence-corrected chi connectivity index (χ2v) is 6.24. The van der Waals surface area contributed by atoms with Crippen LogP contribution in [0.1, 0.15) is 31.9 Å². The smallest absolute Gasteiger partial charge is 0.326 e. The van der Waals surface area contributed by atoms with Gasteiger partial charge in [-0.3, -0.25) is 4.79 Å². The Labute approximate surface area is 125 Å². The molecule has 5 heteroatoms. The number of hydrogen-bond acceptors (Lipinski definition) is 3. The van der Waals surface area contributed by atoms with Gasteiger partial charge in [-0.1, -0.05) is 26.8 Å². The Bertz CT molecular complexity index is 532. The summed E-state index contributed by atoms with van der Waals surface area (Å²) in [6, 6.07) is 4.60. The third kappa shape index (κ3) is 5.10. The first-order chi connectivity index (χ1) is 9.61. The lowest BCUT2D eigenvalue weighted by Crippen LogP contribution is -2.50. The fourth-order valence-electron chi connectivity index (χ4n) is 1.80. The van der Waals surface area contributed by atoms with E-state index in [2.05, 4.69) is 5.32 Å². The van der Waals surface area contributed by atoms with Crippen LogP contribution in [0.4, 0.5) is 0 Å². The Kier molecular flexibility index (Phi) is 5.35. The molecule has 0 heterocycles. The molecule has 1 atom stereocenters. The van der Waals surface area contributed by atoms with E-state index in [-0.39, 0.29) is 6.61 Å². The first-order valence-corrected chi connectivity index (χ1v) is 6.83. The number of nitrogens with one attached hydrogen (secondary N) is 1. The Hall–Kier alpha value is -2.04. The second-order valence-electron chi connectivity index (χ2n) is 6.24. The second kappa shape index (κ2) is 6.61. The van der Waals surface area contributed by atoms with E-state index in [9.17, 15) is 9.59 Å². The first-order valence-electron chi connectivity index (χ1n) is 6.83. The minimum Gasteiger partial charge on any atom is -0.484 e. The molecule has 0 bridgehead atoms. The summed E-state index contributed by atoms with van der Waals surface area (Å²) >= 11 is 0. The van der Waals surface area contributed by atoms with E-state index in [1.54, 1.807) is 26.8 Å². The number of carboxylic acid groups (broad SMARTS) is 1. The number of aryl methyl sites for hydroxylation is 2. The molecular weight excluding hydrogens is 270 g/mol. The number of rotatable bonds is 5. The highest BCUT2D eigenvalue weighted by atomic mass is 16.5. The fraction of sp³-hybridized carbons (Fsp3) is 0.500. The summed E-state index contributed by atoms with van der Waals surface area (Å²) in [6.07, 6.45) is 0. The van der Waals surface area contributed by atoms with Gasteiger partial charge in [0.2, 0.25) is 0 Å². The maximum absolute atomic E-state index is 11.8. The van der Waals surface area contributed by atoms with E-state index in [4.69, 9.17) is 9.84 Å². The topological polar surface area (TPSA) is 75.6 Å². The molecule has 21 heavy (non-hydrogen) atoms. The molecule has 5 nitrogen and oxygen atoms in total. The number of aliphatic carboxylic acids is 1. The Balaban J connectivity index is 2.61. The van der Waals surface area contributed by atoms with Gasteiger partial charge >= 0.3 is 5.97 Å². The van der Waals surface area contributed by atoms with Crippen molar-refractivity contribution in [1.29, 1.82) is 0 Å². The molecular formula is C16H23NO4. The zero-order valence-electron chi connectivity index (χ0n) is 13.2. The van der Waals surface area contributed by atoms with E-state index >= 15 is 0 Å². The summed E-state index contributed by atoms with van der Waals surface area (Å²) < 4.78 is 5.39. The van der Waals surface area contributed by atoms with Crippen molar-refractivity contribution in [2.75, 3.05) is 6.61 Å². The monoisotopic (exact) mass is 293 g/mol.